The number of aromatic hydroxyl groups is 3. The summed E-state index contributed by atoms with van der Waals surface area (Å²) in [6.45, 7) is 7.59. The summed E-state index contributed by atoms with van der Waals surface area (Å²) in [7, 11) is 1.46. The van der Waals surface area contributed by atoms with Crippen molar-refractivity contribution in [2.75, 3.05) is 7.11 Å². The molecule has 3 N–H and O–H groups in total. The Morgan fingerprint density at radius 1 is 1.07 bits per heavy atom. The molecule has 0 aliphatic heterocycles. The maximum Gasteiger partial charge on any atom is 0.344 e. The maximum atomic E-state index is 12.7. The molecule has 0 aliphatic carbocycles. The zero-order valence-corrected chi connectivity index (χ0v) is 15.2. The van der Waals surface area contributed by atoms with E-state index in [1.54, 1.807) is 6.08 Å². The molecule has 140 valence electrons. The van der Waals surface area contributed by atoms with Gasteiger partial charge in [-0.3, -0.25) is 0 Å². The van der Waals surface area contributed by atoms with Crippen molar-refractivity contribution >= 4 is 11.0 Å². The number of phenols is 3. The number of benzene rings is 2. The monoisotopic (exact) mass is 368 g/mol. The summed E-state index contributed by atoms with van der Waals surface area (Å²) in [4.78, 5) is 12.7. The lowest BCUT2D eigenvalue weighted by Gasteiger charge is -2.24. The third-order valence-electron chi connectivity index (χ3n) is 4.61. The van der Waals surface area contributed by atoms with Gasteiger partial charge in [0.2, 0.25) is 0 Å². The van der Waals surface area contributed by atoms with Crippen LogP contribution in [0, 0.1) is 0 Å². The van der Waals surface area contributed by atoms with Gasteiger partial charge in [0.25, 0.3) is 0 Å². The molecular formula is C21H20O6. The van der Waals surface area contributed by atoms with Crippen LogP contribution in [0.3, 0.4) is 0 Å². The van der Waals surface area contributed by atoms with E-state index in [9.17, 15) is 20.1 Å². The fraction of sp³-hybridized carbons (Fsp3) is 0.190. The quantitative estimate of drug-likeness (QED) is 0.474. The van der Waals surface area contributed by atoms with Gasteiger partial charge >= 0.3 is 5.63 Å². The maximum absolute atomic E-state index is 12.7. The van der Waals surface area contributed by atoms with Crippen molar-refractivity contribution in [2.45, 2.75) is 19.3 Å². The highest BCUT2D eigenvalue weighted by molar-refractivity contribution is 5.92. The number of hydrogen-bond donors (Lipinski definition) is 3. The summed E-state index contributed by atoms with van der Waals surface area (Å²) < 4.78 is 10.9. The Morgan fingerprint density at radius 2 is 1.78 bits per heavy atom. The molecule has 0 amide bonds. The molecule has 1 aromatic heterocycles. The van der Waals surface area contributed by atoms with Crippen molar-refractivity contribution in [3.63, 3.8) is 0 Å². The first-order valence-electron chi connectivity index (χ1n) is 8.24. The van der Waals surface area contributed by atoms with Crippen LogP contribution in [0.25, 0.3) is 22.1 Å². The Hall–Kier alpha value is -3.41. The van der Waals surface area contributed by atoms with Crippen molar-refractivity contribution in [2.24, 2.45) is 0 Å². The van der Waals surface area contributed by atoms with Gasteiger partial charge in [0.15, 0.2) is 0 Å². The summed E-state index contributed by atoms with van der Waals surface area (Å²) in [5.74, 6) is -0.174. The molecule has 3 rings (SSSR count). The minimum atomic E-state index is -0.697. The van der Waals surface area contributed by atoms with Crippen LogP contribution in [-0.2, 0) is 5.41 Å². The molecule has 6 nitrogen and oxygen atoms in total. The van der Waals surface area contributed by atoms with Gasteiger partial charge in [0.1, 0.15) is 28.6 Å². The molecule has 0 atom stereocenters. The summed E-state index contributed by atoms with van der Waals surface area (Å²) in [6.07, 6.45) is 1.70. The van der Waals surface area contributed by atoms with E-state index in [4.69, 9.17) is 9.15 Å². The van der Waals surface area contributed by atoms with E-state index in [0.717, 1.165) is 6.07 Å². The molecule has 0 aliphatic rings. The van der Waals surface area contributed by atoms with Crippen LogP contribution < -0.4 is 10.4 Å². The molecule has 0 unspecified atom stereocenters. The molecule has 3 aromatic rings. The average molecular weight is 368 g/mol. The molecule has 0 bridgehead atoms. The predicted molar refractivity (Wildman–Crippen MR) is 103 cm³/mol. The van der Waals surface area contributed by atoms with Crippen LogP contribution in [0.5, 0.6) is 23.0 Å². The van der Waals surface area contributed by atoms with Crippen LogP contribution in [0.1, 0.15) is 19.4 Å². The van der Waals surface area contributed by atoms with E-state index >= 15 is 0 Å². The predicted octanol–water partition coefficient (Wildman–Crippen LogP) is 4.05. The van der Waals surface area contributed by atoms with Crippen molar-refractivity contribution in [3.05, 3.63) is 59.0 Å². The van der Waals surface area contributed by atoms with Crippen LogP contribution in [0.4, 0.5) is 0 Å². The highest BCUT2D eigenvalue weighted by Crippen LogP contribution is 2.43. The smallest absolute Gasteiger partial charge is 0.344 e. The summed E-state index contributed by atoms with van der Waals surface area (Å²) in [5, 5.41) is 30.3. The number of allylic oxidation sites excluding steroid dienone is 1. The molecule has 0 spiro atoms. The Kier molecular flexibility index (Phi) is 4.35. The molecule has 1 heterocycles. The number of phenolic OH excluding ortho intramolecular Hbond substituents is 3. The number of fused-ring (bicyclic) bond motifs is 1. The van der Waals surface area contributed by atoms with Gasteiger partial charge in [0.05, 0.1) is 18.1 Å². The van der Waals surface area contributed by atoms with Gasteiger partial charge in [-0.1, -0.05) is 19.9 Å². The van der Waals surface area contributed by atoms with Gasteiger partial charge < -0.3 is 24.5 Å². The number of rotatable bonds is 4. The van der Waals surface area contributed by atoms with Gasteiger partial charge in [-0.15, -0.1) is 6.58 Å². The lowest BCUT2D eigenvalue weighted by atomic mass is 9.82. The molecule has 27 heavy (non-hydrogen) atoms. The molecule has 0 saturated carbocycles. The first kappa shape index (κ1) is 18.4. The fourth-order valence-corrected chi connectivity index (χ4v) is 3.04. The first-order chi connectivity index (χ1) is 12.7. The molecule has 0 saturated heterocycles. The van der Waals surface area contributed by atoms with E-state index in [0.29, 0.717) is 16.7 Å². The normalized spacial score (nSPS) is 11.5. The third-order valence-corrected chi connectivity index (χ3v) is 4.61. The number of hydrogen-bond acceptors (Lipinski definition) is 6. The topological polar surface area (TPSA) is 100 Å². The average Bonchev–Trinajstić information content (AvgIpc) is 2.61. The second-order valence-electron chi connectivity index (χ2n) is 6.79. The van der Waals surface area contributed by atoms with Crippen LogP contribution >= 0.6 is 0 Å². The van der Waals surface area contributed by atoms with E-state index in [1.807, 2.05) is 13.8 Å². The molecular weight excluding hydrogens is 348 g/mol. The van der Waals surface area contributed by atoms with Crippen molar-refractivity contribution in [1.29, 1.82) is 0 Å². The fourth-order valence-electron chi connectivity index (χ4n) is 3.04. The Bertz CT molecular complexity index is 1110. The first-order valence-corrected chi connectivity index (χ1v) is 8.24. The summed E-state index contributed by atoms with van der Waals surface area (Å²) in [5.41, 5.74) is -0.298. The second kappa shape index (κ2) is 6.39. The van der Waals surface area contributed by atoms with E-state index in [1.165, 1.54) is 31.4 Å². The van der Waals surface area contributed by atoms with Gasteiger partial charge in [0, 0.05) is 28.7 Å². The lowest BCUT2D eigenvalue weighted by molar-refractivity contribution is 0.394. The zero-order valence-electron chi connectivity index (χ0n) is 15.2. The Balaban J connectivity index is 2.42. The zero-order chi connectivity index (χ0) is 19.9. The second-order valence-corrected chi connectivity index (χ2v) is 6.79. The number of ether oxygens (including phenoxy) is 1. The lowest BCUT2D eigenvalue weighted by Crippen LogP contribution is -2.16. The molecule has 0 radical (unpaired) electrons. The number of methoxy groups -OCH3 is 1. The third kappa shape index (κ3) is 2.99. The molecule has 2 aromatic carbocycles. The van der Waals surface area contributed by atoms with Gasteiger partial charge in [-0.2, -0.15) is 0 Å². The molecule has 6 heteroatoms. The Morgan fingerprint density at radius 3 is 2.37 bits per heavy atom. The molecule has 0 fully saturated rings. The van der Waals surface area contributed by atoms with E-state index in [-0.39, 0.29) is 34.0 Å². The standard InChI is InChI=1S/C21H20O6/c1-5-21(2,3)18-17(26-4)10-16(24)14-9-13(20(25)27-19(14)18)12-7-6-11(22)8-15(12)23/h5-10,22-24H,1H2,2-4H3. The highest BCUT2D eigenvalue weighted by atomic mass is 16.5. The van der Waals surface area contributed by atoms with Gasteiger partial charge in [-0.25, -0.2) is 4.79 Å². The highest BCUT2D eigenvalue weighted by Gasteiger charge is 2.28. The Labute approximate surface area is 155 Å². The summed E-state index contributed by atoms with van der Waals surface area (Å²) >= 11 is 0. The van der Waals surface area contributed by atoms with Crippen LogP contribution in [0.15, 0.2) is 52.2 Å². The van der Waals surface area contributed by atoms with Crippen molar-refractivity contribution < 1.29 is 24.5 Å². The SMILES string of the molecule is C=CC(C)(C)c1c(OC)cc(O)c2cc(-c3ccc(O)cc3O)c(=O)oc12. The van der Waals surface area contributed by atoms with Gasteiger partial charge in [-0.05, 0) is 18.2 Å². The van der Waals surface area contributed by atoms with Crippen molar-refractivity contribution in [3.8, 4) is 34.1 Å². The van der Waals surface area contributed by atoms with Crippen molar-refractivity contribution in [1.82, 2.24) is 0 Å². The summed E-state index contributed by atoms with van der Waals surface area (Å²) in [6, 6.07) is 6.77. The van der Waals surface area contributed by atoms with E-state index in [2.05, 4.69) is 6.58 Å². The minimum absolute atomic E-state index is 0.0582. The largest absolute Gasteiger partial charge is 0.508 e. The van der Waals surface area contributed by atoms with E-state index < -0.39 is 11.0 Å². The van der Waals surface area contributed by atoms with Crippen LogP contribution in [-0.4, -0.2) is 22.4 Å². The minimum Gasteiger partial charge on any atom is -0.508 e. The van der Waals surface area contributed by atoms with Crippen LogP contribution in [0.2, 0.25) is 0 Å².